The summed E-state index contributed by atoms with van der Waals surface area (Å²) in [7, 11) is 0. The molecule has 1 heterocycles. The minimum absolute atomic E-state index is 0.160. The van der Waals surface area contributed by atoms with Crippen LogP contribution in [0.25, 0.3) is 0 Å². The van der Waals surface area contributed by atoms with Crippen LogP contribution in [0.2, 0.25) is 0 Å². The minimum atomic E-state index is -0.231. The molecule has 218 valence electrons. The lowest BCUT2D eigenvalue weighted by Gasteiger charge is -2.58. The maximum Gasteiger partial charge on any atom is 0.261 e. The molecule has 0 spiro atoms. The predicted octanol–water partition coefficient (Wildman–Crippen LogP) is 6.64. The highest BCUT2D eigenvalue weighted by Crippen LogP contribution is 2.67. The van der Waals surface area contributed by atoms with Gasteiger partial charge in [-0.1, -0.05) is 64.3 Å². The number of aliphatic hydroxyl groups excluding tert-OH is 2. The van der Waals surface area contributed by atoms with Gasteiger partial charge in [0.05, 0.1) is 23.3 Å². The summed E-state index contributed by atoms with van der Waals surface area (Å²) in [6, 6.07) is 7.13. The highest BCUT2D eigenvalue weighted by Gasteiger charge is 2.61. The monoisotopic (exact) mass is 547 g/mol. The zero-order valence-electron chi connectivity index (χ0n) is 24.9. The normalized spacial score (nSPS) is 40.1. The number of hydrogen-bond donors (Lipinski definition) is 2. The first-order valence-electron chi connectivity index (χ1n) is 16.1. The third-order valence-corrected chi connectivity index (χ3v) is 12.5. The van der Waals surface area contributed by atoms with Crippen LogP contribution < -0.4 is 0 Å². The smallest absolute Gasteiger partial charge is 0.261 e. The molecule has 2 N–H and O–H groups in total. The minimum Gasteiger partial charge on any atom is -0.393 e. The molecule has 3 saturated carbocycles. The van der Waals surface area contributed by atoms with E-state index >= 15 is 0 Å². The SMILES string of the molecule is C[C@H](CCC[C@@H](C)[C@H]1[C@@H](O)C[C@H]2[C@@H]3CC=C4C[C@@H](O)CC[C@]4(C)[C@H]3CC[C@]12C)CN1C(=O)c2ccccc2C1=O. The van der Waals surface area contributed by atoms with Crippen LogP contribution in [-0.2, 0) is 0 Å². The van der Waals surface area contributed by atoms with Gasteiger partial charge in [0, 0.05) is 6.54 Å². The number of carbonyl (C=O) groups is 2. The first kappa shape index (κ1) is 28.2. The number of amides is 2. The molecular formula is C35H49NO4. The number of nitrogens with zero attached hydrogens (tertiary/aromatic N) is 1. The molecule has 1 aromatic rings. The van der Waals surface area contributed by atoms with E-state index in [1.807, 2.05) is 12.1 Å². The summed E-state index contributed by atoms with van der Waals surface area (Å²) in [4.78, 5) is 27.0. The van der Waals surface area contributed by atoms with Crippen molar-refractivity contribution in [2.45, 2.75) is 104 Å². The number of hydrogen-bond acceptors (Lipinski definition) is 4. The fourth-order valence-electron chi connectivity index (χ4n) is 10.5. The summed E-state index contributed by atoms with van der Waals surface area (Å²) in [5, 5.41) is 21.8. The van der Waals surface area contributed by atoms with Crippen LogP contribution in [0.3, 0.4) is 0 Å². The Morgan fingerprint density at radius 3 is 2.38 bits per heavy atom. The van der Waals surface area contributed by atoms with Crippen molar-refractivity contribution >= 4 is 11.8 Å². The van der Waals surface area contributed by atoms with Crippen molar-refractivity contribution < 1.29 is 19.8 Å². The van der Waals surface area contributed by atoms with E-state index in [9.17, 15) is 19.8 Å². The Labute approximate surface area is 240 Å². The van der Waals surface area contributed by atoms with Crippen LogP contribution >= 0.6 is 0 Å². The van der Waals surface area contributed by atoms with E-state index in [0.717, 1.165) is 51.4 Å². The Morgan fingerprint density at radius 2 is 1.68 bits per heavy atom. The molecule has 0 aromatic heterocycles. The molecule has 10 atom stereocenters. The van der Waals surface area contributed by atoms with Gasteiger partial charge in [-0.25, -0.2) is 0 Å². The fraction of sp³-hybridized carbons (Fsp3) is 0.714. The lowest BCUT2D eigenvalue weighted by Crippen LogP contribution is -2.51. The topological polar surface area (TPSA) is 77.8 Å². The van der Waals surface area contributed by atoms with Crippen LogP contribution in [0.15, 0.2) is 35.9 Å². The number of carbonyl (C=O) groups excluding carboxylic acids is 2. The molecule has 40 heavy (non-hydrogen) atoms. The highest BCUT2D eigenvalue weighted by molar-refractivity contribution is 6.21. The Morgan fingerprint density at radius 1 is 0.975 bits per heavy atom. The van der Waals surface area contributed by atoms with Gasteiger partial charge in [-0.15, -0.1) is 0 Å². The Bertz CT molecular complexity index is 1160. The summed E-state index contributed by atoms with van der Waals surface area (Å²) in [5.74, 6) is 2.61. The lowest BCUT2D eigenvalue weighted by atomic mass is 9.47. The standard InChI is InChI=1S/C35H49NO4/c1-21(20-36-32(39)25-10-5-6-11-26(25)33(36)40)8-7-9-22(2)31-30(38)19-29-27-13-12-23-18-24(37)14-16-34(23,3)28(27)15-17-35(29,31)4/h5-6,10-12,21-22,24,27-31,37-38H,7-9,13-20H2,1-4H3/t21-,22-,24+,27-,28+,29+,30+,31+,34+,35+/m1/s1. The number of imide groups is 1. The van der Waals surface area contributed by atoms with Gasteiger partial charge < -0.3 is 10.2 Å². The second-order valence-corrected chi connectivity index (χ2v) is 14.8. The molecule has 5 aliphatic rings. The van der Waals surface area contributed by atoms with Gasteiger partial charge in [0.25, 0.3) is 11.8 Å². The zero-order chi connectivity index (χ0) is 28.4. The molecule has 5 nitrogen and oxygen atoms in total. The van der Waals surface area contributed by atoms with Crippen LogP contribution in [0, 0.1) is 46.3 Å². The molecular weight excluding hydrogens is 498 g/mol. The maximum absolute atomic E-state index is 12.8. The van der Waals surface area contributed by atoms with Crippen molar-refractivity contribution in [2.24, 2.45) is 46.3 Å². The van der Waals surface area contributed by atoms with Gasteiger partial charge in [-0.05, 0) is 110 Å². The van der Waals surface area contributed by atoms with Gasteiger partial charge in [0.1, 0.15) is 0 Å². The van der Waals surface area contributed by atoms with Crippen molar-refractivity contribution in [3.05, 3.63) is 47.0 Å². The summed E-state index contributed by atoms with van der Waals surface area (Å²) in [6.07, 6.45) is 12.6. The molecule has 2 amide bonds. The molecule has 5 heteroatoms. The van der Waals surface area contributed by atoms with Gasteiger partial charge >= 0.3 is 0 Å². The number of aliphatic hydroxyl groups is 2. The van der Waals surface area contributed by atoms with Crippen molar-refractivity contribution in [1.29, 1.82) is 0 Å². The number of benzene rings is 1. The van der Waals surface area contributed by atoms with Crippen LogP contribution in [0.1, 0.15) is 113 Å². The third-order valence-electron chi connectivity index (χ3n) is 12.5. The van der Waals surface area contributed by atoms with E-state index < -0.39 is 0 Å². The molecule has 1 aromatic carbocycles. The Kier molecular flexibility index (Phi) is 7.31. The molecule has 3 fully saturated rings. The predicted molar refractivity (Wildman–Crippen MR) is 157 cm³/mol. The van der Waals surface area contributed by atoms with Gasteiger partial charge in [0.15, 0.2) is 0 Å². The second kappa shape index (κ2) is 10.4. The Balaban J connectivity index is 1.06. The van der Waals surface area contributed by atoms with E-state index in [1.54, 1.807) is 12.1 Å². The molecule has 0 unspecified atom stereocenters. The van der Waals surface area contributed by atoms with Gasteiger partial charge in [0.2, 0.25) is 0 Å². The van der Waals surface area contributed by atoms with Gasteiger partial charge in [-0.2, -0.15) is 0 Å². The molecule has 0 bridgehead atoms. The second-order valence-electron chi connectivity index (χ2n) is 14.8. The number of fused-ring (bicyclic) bond motifs is 6. The van der Waals surface area contributed by atoms with Crippen molar-refractivity contribution in [1.82, 2.24) is 4.90 Å². The number of allylic oxidation sites excluding steroid dienone is 1. The third kappa shape index (κ3) is 4.42. The quantitative estimate of drug-likeness (QED) is 0.296. The Hall–Kier alpha value is -1.98. The van der Waals surface area contributed by atoms with E-state index in [2.05, 4.69) is 33.8 Å². The molecule has 0 saturated heterocycles. The number of rotatable bonds is 7. The van der Waals surface area contributed by atoms with Crippen LogP contribution in [-0.4, -0.2) is 45.7 Å². The maximum atomic E-state index is 12.8. The summed E-state index contributed by atoms with van der Waals surface area (Å²) in [5.41, 5.74) is 2.98. The van der Waals surface area contributed by atoms with Crippen LogP contribution in [0.5, 0.6) is 0 Å². The van der Waals surface area contributed by atoms with E-state index in [0.29, 0.717) is 47.3 Å². The van der Waals surface area contributed by atoms with E-state index in [1.165, 1.54) is 23.3 Å². The zero-order valence-corrected chi connectivity index (χ0v) is 24.9. The average molecular weight is 548 g/mol. The molecule has 1 aliphatic heterocycles. The van der Waals surface area contributed by atoms with E-state index in [4.69, 9.17) is 0 Å². The summed E-state index contributed by atoms with van der Waals surface area (Å²) < 4.78 is 0. The van der Waals surface area contributed by atoms with Crippen molar-refractivity contribution in [3.8, 4) is 0 Å². The lowest BCUT2D eigenvalue weighted by molar-refractivity contribution is -0.0620. The van der Waals surface area contributed by atoms with Crippen LogP contribution in [0.4, 0.5) is 0 Å². The average Bonchev–Trinajstić information content (AvgIpc) is 3.33. The van der Waals surface area contributed by atoms with Crippen molar-refractivity contribution in [3.63, 3.8) is 0 Å². The molecule has 6 rings (SSSR count). The summed E-state index contributed by atoms with van der Waals surface area (Å²) >= 11 is 0. The fourth-order valence-corrected chi connectivity index (χ4v) is 10.5. The van der Waals surface area contributed by atoms with E-state index in [-0.39, 0.29) is 40.8 Å². The summed E-state index contributed by atoms with van der Waals surface area (Å²) in [6.45, 7) is 9.93. The highest BCUT2D eigenvalue weighted by atomic mass is 16.3. The largest absolute Gasteiger partial charge is 0.393 e. The van der Waals surface area contributed by atoms with Crippen molar-refractivity contribution in [2.75, 3.05) is 6.54 Å². The first-order chi connectivity index (χ1) is 19.0. The molecule has 4 aliphatic carbocycles. The molecule has 0 radical (unpaired) electrons. The van der Waals surface area contributed by atoms with Gasteiger partial charge in [-0.3, -0.25) is 14.5 Å². The first-order valence-corrected chi connectivity index (χ1v) is 16.1.